The molecule has 0 aliphatic carbocycles. The summed E-state index contributed by atoms with van der Waals surface area (Å²) in [4.78, 5) is 0. The lowest BCUT2D eigenvalue weighted by atomic mass is 9.84. The molecule has 0 aliphatic heterocycles. The van der Waals surface area contributed by atoms with E-state index in [1.54, 1.807) is 0 Å². The highest BCUT2D eigenvalue weighted by Crippen LogP contribution is 2.61. The van der Waals surface area contributed by atoms with Crippen molar-refractivity contribution in [2.45, 2.75) is 55.3 Å². The second-order valence-corrected chi connectivity index (χ2v) is 4.72. The van der Waals surface area contributed by atoms with Crippen molar-refractivity contribution in [1.82, 2.24) is 0 Å². The van der Waals surface area contributed by atoms with Crippen LogP contribution in [0.5, 0.6) is 0 Å². The van der Waals surface area contributed by atoms with Gasteiger partial charge in [-0.1, -0.05) is 0 Å². The molecule has 0 saturated carbocycles. The van der Waals surface area contributed by atoms with Crippen LogP contribution in [0.2, 0.25) is 0 Å². The smallest absolute Gasteiger partial charge is 0.227 e. The summed E-state index contributed by atoms with van der Waals surface area (Å²) >= 11 is 0. The summed E-state index contributed by atoms with van der Waals surface area (Å²) in [5.74, 6) is -22.5. The molecule has 14 heteroatoms. The molecule has 0 rings (SSSR count). The second kappa shape index (κ2) is 5.01. The van der Waals surface area contributed by atoms with Gasteiger partial charge >= 0.3 is 30.1 Å². The van der Waals surface area contributed by atoms with E-state index in [1.807, 2.05) is 0 Å². The summed E-state index contributed by atoms with van der Waals surface area (Å²) in [6.45, 7) is -2.58. The zero-order chi connectivity index (χ0) is 19.5. The van der Waals surface area contributed by atoms with E-state index in [4.69, 9.17) is 0 Å². The first-order chi connectivity index (χ1) is 9.50. The van der Waals surface area contributed by atoms with Gasteiger partial charge in [-0.25, -0.2) is 8.78 Å². The Bertz CT molecular complexity index is 396. The van der Waals surface area contributed by atoms with Crippen LogP contribution in [0.3, 0.4) is 0 Å². The number of halogens is 14. The van der Waals surface area contributed by atoms with E-state index >= 15 is 0 Å². The van der Waals surface area contributed by atoms with Crippen LogP contribution < -0.4 is 0 Å². The van der Waals surface area contributed by atoms with Gasteiger partial charge in [-0.2, -0.15) is 52.7 Å². The third kappa shape index (κ3) is 2.71. The molecule has 0 radical (unpaired) electrons. The van der Waals surface area contributed by atoms with Gasteiger partial charge in [-0.3, -0.25) is 0 Å². The summed E-state index contributed by atoms with van der Waals surface area (Å²) in [5, 5.41) is 0. The van der Waals surface area contributed by atoms with Crippen molar-refractivity contribution >= 4 is 0 Å². The normalized spacial score (nSPS) is 20.9. The summed E-state index contributed by atoms with van der Waals surface area (Å²) in [5.41, 5.74) is -12.8. The number of hydrogen-bond acceptors (Lipinski definition) is 0. The molecule has 2 unspecified atom stereocenters. The molecule has 0 N–H and O–H groups in total. The van der Waals surface area contributed by atoms with Gasteiger partial charge in [-0.15, -0.1) is 0 Å². The van der Waals surface area contributed by atoms with E-state index in [2.05, 4.69) is 0 Å². The Kier molecular flexibility index (Phi) is 4.79. The highest BCUT2D eigenvalue weighted by atomic mass is 19.4. The Morgan fingerprint density at radius 1 is 0.348 bits per heavy atom. The van der Waals surface area contributed by atoms with Gasteiger partial charge in [0.25, 0.3) is 11.3 Å². The molecule has 0 heterocycles. The SMILES string of the molecule is CC(F)(C(F)(F)F)C(F)(F)C(F)(F)C(F)(F)C(C)(F)C(F)(F)F. The second-order valence-electron chi connectivity index (χ2n) is 4.72. The lowest BCUT2D eigenvalue weighted by Crippen LogP contribution is -2.72. The Balaban J connectivity index is 6.37. The minimum atomic E-state index is -7.68. The first-order valence-corrected chi connectivity index (χ1v) is 5.15. The maximum absolute atomic E-state index is 13.1. The van der Waals surface area contributed by atoms with Crippen LogP contribution in [0, 0.1) is 0 Å². The highest BCUT2D eigenvalue weighted by Gasteiger charge is 2.89. The van der Waals surface area contributed by atoms with Crippen molar-refractivity contribution in [3.05, 3.63) is 0 Å². The molecule has 0 spiro atoms. The molecule has 0 saturated heterocycles. The molecule has 2 atom stereocenters. The van der Waals surface area contributed by atoms with Crippen LogP contribution in [-0.4, -0.2) is 41.5 Å². The monoisotopic (exact) mass is 380 g/mol. The Hall–Kier alpha value is -0.980. The van der Waals surface area contributed by atoms with Gasteiger partial charge in [0.15, 0.2) is 0 Å². The lowest BCUT2D eigenvalue weighted by molar-refractivity contribution is -0.420. The molecule has 0 amide bonds. The fourth-order valence-corrected chi connectivity index (χ4v) is 1.14. The van der Waals surface area contributed by atoms with Crippen LogP contribution in [0.4, 0.5) is 61.5 Å². The Labute approximate surface area is 118 Å². The largest absolute Gasteiger partial charge is 0.428 e. The summed E-state index contributed by atoms with van der Waals surface area (Å²) < 4.78 is 176. The fourth-order valence-electron chi connectivity index (χ4n) is 1.14. The van der Waals surface area contributed by atoms with E-state index in [9.17, 15) is 61.5 Å². The van der Waals surface area contributed by atoms with Crippen LogP contribution in [-0.2, 0) is 0 Å². The van der Waals surface area contributed by atoms with Crippen LogP contribution in [0.25, 0.3) is 0 Å². The lowest BCUT2D eigenvalue weighted by Gasteiger charge is -2.43. The standard InChI is InChI=1S/C9H6F14/c1-3(10,8(18,19)20)5(12,13)7(16,17)6(14,15)4(2,11)9(21,22)23/h1-2H3. The molecule has 23 heavy (non-hydrogen) atoms. The van der Waals surface area contributed by atoms with Crippen LogP contribution in [0.15, 0.2) is 0 Å². The quantitative estimate of drug-likeness (QED) is 0.568. The predicted molar refractivity (Wildman–Crippen MR) is 46.0 cm³/mol. The van der Waals surface area contributed by atoms with Gasteiger partial charge < -0.3 is 0 Å². The van der Waals surface area contributed by atoms with Crippen molar-refractivity contribution in [3.63, 3.8) is 0 Å². The van der Waals surface area contributed by atoms with Crippen LogP contribution in [0.1, 0.15) is 13.8 Å². The fraction of sp³-hybridized carbons (Fsp3) is 1.00. The summed E-state index contributed by atoms with van der Waals surface area (Å²) in [7, 11) is 0. The van der Waals surface area contributed by atoms with Gasteiger partial charge in [0, 0.05) is 0 Å². The number of hydrogen-bond donors (Lipinski definition) is 0. The topological polar surface area (TPSA) is 0 Å². The van der Waals surface area contributed by atoms with Gasteiger partial charge in [0.1, 0.15) is 0 Å². The molecule has 0 aliphatic rings. The first kappa shape index (κ1) is 22.0. The van der Waals surface area contributed by atoms with Gasteiger partial charge in [0.05, 0.1) is 0 Å². The van der Waals surface area contributed by atoms with E-state index in [0.717, 1.165) is 0 Å². The third-order valence-corrected chi connectivity index (χ3v) is 3.03. The van der Waals surface area contributed by atoms with Crippen molar-refractivity contribution in [3.8, 4) is 0 Å². The molecule has 0 bridgehead atoms. The zero-order valence-corrected chi connectivity index (χ0v) is 10.8. The molecule has 0 fully saturated rings. The van der Waals surface area contributed by atoms with Crippen molar-refractivity contribution < 1.29 is 61.5 Å². The maximum atomic E-state index is 13.1. The third-order valence-electron chi connectivity index (χ3n) is 3.03. The highest BCUT2D eigenvalue weighted by molar-refractivity contribution is 5.14. The van der Waals surface area contributed by atoms with E-state index in [0.29, 0.717) is 0 Å². The Morgan fingerprint density at radius 3 is 0.652 bits per heavy atom. The molecule has 0 nitrogen and oxygen atoms in total. The zero-order valence-electron chi connectivity index (χ0n) is 10.8. The van der Waals surface area contributed by atoms with Gasteiger partial charge in [-0.05, 0) is 13.8 Å². The van der Waals surface area contributed by atoms with E-state index in [-0.39, 0.29) is 0 Å². The van der Waals surface area contributed by atoms with Crippen molar-refractivity contribution in [2.75, 3.05) is 0 Å². The maximum Gasteiger partial charge on any atom is 0.428 e. The van der Waals surface area contributed by atoms with Gasteiger partial charge in [0.2, 0.25) is 0 Å². The van der Waals surface area contributed by atoms with E-state index < -0.39 is 55.3 Å². The first-order valence-electron chi connectivity index (χ1n) is 5.15. The van der Waals surface area contributed by atoms with Crippen molar-refractivity contribution in [2.24, 2.45) is 0 Å². The summed E-state index contributed by atoms with van der Waals surface area (Å²) in [6, 6.07) is 0. The molecule has 0 aromatic heterocycles. The summed E-state index contributed by atoms with van der Waals surface area (Å²) in [6.07, 6.45) is -13.7. The molecular formula is C9H6F14. The average molecular weight is 380 g/mol. The number of rotatable bonds is 4. The average Bonchev–Trinajstić information content (AvgIpc) is 2.24. The predicted octanol–water partition coefficient (Wildman–Crippen LogP) is 5.47. The van der Waals surface area contributed by atoms with Crippen molar-refractivity contribution in [1.29, 1.82) is 0 Å². The molecule has 140 valence electrons. The number of alkyl halides is 14. The molecular weight excluding hydrogens is 374 g/mol. The minimum Gasteiger partial charge on any atom is -0.227 e. The van der Waals surface area contributed by atoms with Crippen LogP contribution >= 0.6 is 0 Å². The van der Waals surface area contributed by atoms with E-state index in [1.165, 1.54) is 0 Å². The minimum absolute atomic E-state index is 1.29. The Morgan fingerprint density at radius 2 is 0.522 bits per heavy atom. The molecule has 0 aromatic carbocycles. The molecule has 0 aromatic rings.